The molecule has 3 rings (SSSR count). The van der Waals surface area contributed by atoms with Crippen LogP contribution in [0.3, 0.4) is 0 Å². The molecule has 0 radical (unpaired) electrons. The fourth-order valence-electron chi connectivity index (χ4n) is 2.79. The molecule has 0 unspecified atom stereocenters. The third kappa shape index (κ3) is 5.13. The lowest BCUT2D eigenvalue weighted by molar-refractivity contribution is 0.0944. The van der Waals surface area contributed by atoms with Crippen LogP contribution >= 0.6 is 11.6 Å². The lowest BCUT2D eigenvalue weighted by Crippen LogP contribution is -2.33. The predicted octanol–water partition coefficient (Wildman–Crippen LogP) is 4.18. The van der Waals surface area contributed by atoms with Gasteiger partial charge < -0.3 is 10.6 Å². The number of carbonyl (C=O) groups excluding carboxylic acids is 1. The molecule has 30 heavy (non-hydrogen) atoms. The molecule has 3 aromatic rings. The van der Waals surface area contributed by atoms with Crippen molar-refractivity contribution < 1.29 is 4.79 Å². The topological polar surface area (TPSA) is 109 Å². The van der Waals surface area contributed by atoms with Crippen LogP contribution in [-0.2, 0) is 6.54 Å². The standard InChI is InChI=1S/C21H22ClN7O/c1-3-9-29-13-17(11-25-29)27-21-24-12-18(22)19(28-21)14-5-7-15(8-6-14)20(30)26-16(4-2)10-23/h5-8,11-13,16H,3-4,9H2,1-2H3,(H,26,30)(H,24,27,28)/t16-/m0/s1. The van der Waals surface area contributed by atoms with Gasteiger partial charge in [-0.25, -0.2) is 9.97 Å². The van der Waals surface area contributed by atoms with Gasteiger partial charge in [0.25, 0.3) is 5.91 Å². The molecule has 0 aliphatic rings. The Morgan fingerprint density at radius 2 is 2.03 bits per heavy atom. The van der Waals surface area contributed by atoms with E-state index in [9.17, 15) is 4.79 Å². The van der Waals surface area contributed by atoms with Crippen LogP contribution < -0.4 is 10.6 Å². The number of nitrogens with zero attached hydrogens (tertiary/aromatic N) is 5. The molecule has 2 aromatic heterocycles. The van der Waals surface area contributed by atoms with Crippen molar-refractivity contribution in [1.82, 2.24) is 25.1 Å². The maximum absolute atomic E-state index is 12.3. The molecule has 9 heteroatoms. The number of anilines is 2. The fourth-order valence-corrected chi connectivity index (χ4v) is 2.99. The van der Waals surface area contributed by atoms with E-state index in [-0.39, 0.29) is 5.91 Å². The molecule has 154 valence electrons. The average molecular weight is 424 g/mol. The van der Waals surface area contributed by atoms with Gasteiger partial charge in [-0.3, -0.25) is 9.48 Å². The van der Waals surface area contributed by atoms with Crippen molar-refractivity contribution in [1.29, 1.82) is 5.26 Å². The number of hydrogen-bond donors (Lipinski definition) is 2. The van der Waals surface area contributed by atoms with Gasteiger partial charge in [-0.1, -0.05) is 37.6 Å². The van der Waals surface area contributed by atoms with Crippen molar-refractivity contribution in [3.63, 3.8) is 0 Å². The summed E-state index contributed by atoms with van der Waals surface area (Å²) in [7, 11) is 0. The van der Waals surface area contributed by atoms with Crippen LogP contribution in [0.15, 0.2) is 42.9 Å². The summed E-state index contributed by atoms with van der Waals surface area (Å²) in [5.74, 6) is 0.0993. The number of aromatic nitrogens is 4. The molecule has 1 aromatic carbocycles. The number of halogens is 1. The van der Waals surface area contributed by atoms with Gasteiger partial charge in [-0.05, 0) is 25.0 Å². The monoisotopic (exact) mass is 423 g/mol. The second kappa shape index (κ2) is 9.85. The number of benzene rings is 1. The van der Waals surface area contributed by atoms with Gasteiger partial charge in [-0.15, -0.1) is 0 Å². The number of hydrogen-bond acceptors (Lipinski definition) is 6. The zero-order chi connectivity index (χ0) is 21.5. The van der Waals surface area contributed by atoms with E-state index in [0.29, 0.717) is 28.6 Å². The van der Waals surface area contributed by atoms with Crippen LogP contribution in [0.25, 0.3) is 11.3 Å². The Bertz CT molecular complexity index is 1060. The normalized spacial score (nSPS) is 11.5. The van der Waals surface area contributed by atoms with E-state index in [0.717, 1.165) is 24.2 Å². The molecule has 0 aliphatic carbocycles. The highest BCUT2D eigenvalue weighted by Gasteiger charge is 2.13. The maximum atomic E-state index is 12.3. The highest BCUT2D eigenvalue weighted by Crippen LogP contribution is 2.27. The first-order valence-corrected chi connectivity index (χ1v) is 10.0. The van der Waals surface area contributed by atoms with E-state index in [1.165, 1.54) is 6.20 Å². The molecule has 1 amide bonds. The molecule has 2 heterocycles. The lowest BCUT2D eigenvalue weighted by Gasteiger charge is -2.10. The predicted molar refractivity (Wildman–Crippen MR) is 115 cm³/mol. The van der Waals surface area contributed by atoms with Crippen molar-refractivity contribution in [2.45, 2.75) is 39.3 Å². The lowest BCUT2D eigenvalue weighted by atomic mass is 10.1. The third-order valence-electron chi connectivity index (χ3n) is 4.38. The van der Waals surface area contributed by atoms with Crippen molar-refractivity contribution in [3.8, 4) is 17.3 Å². The average Bonchev–Trinajstić information content (AvgIpc) is 3.20. The number of rotatable bonds is 8. The highest BCUT2D eigenvalue weighted by molar-refractivity contribution is 6.32. The van der Waals surface area contributed by atoms with Crippen LogP contribution in [0.2, 0.25) is 5.02 Å². The van der Waals surface area contributed by atoms with Gasteiger partial charge in [0.2, 0.25) is 5.95 Å². The molecular weight excluding hydrogens is 402 g/mol. The molecule has 0 saturated heterocycles. The second-order valence-corrected chi connectivity index (χ2v) is 7.06. The first kappa shape index (κ1) is 21.3. The second-order valence-electron chi connectivity index (χ2n) is 6.65. The van der Waals surface area contributed by atoms with Gasteiger partial charge in [-0.2, -0.15) is 10.4 Å². The van der Waals surface area contributed by atoms with Crippen LogP contribution in [0.4, 0.5) is 11.6 Å². The van der Waals surface area contributed by atoms with Crippen LogP contribution in [-0.4, -0.2) is 31.7 Å². The molecule has 0 saturated carbocycles. The summed E-state index contributed by atoms with van der Waals surface area (Å²) in [4.78, 5) is 21.0. The molecule has 2 N–H and O–H groups in total. The molecule has 8 nitrogen and oxygen atoms in total. The van der Waals surface area contributed by atoms with Gasteiger partial charge in [0, 0.05) is 23.9 Å². The summed E-state index contributed by atoms with van der Waals surface area (Å²) in [5.41, 5.74) is 2.53. The largest absolute Gasteiger partial charge is 0.336 e. The van der Waals surface area contributed by atoms with Crippen molar-refractivity contribution in [2.24, 2.45) is 0 Å². The Hall–Kier alpha value is -3.44. The van der Waals surface area contributed by atoms with Gasteiger partial charge in [0.1, 0.15) is 6.04 Å². The Kier molecular flexibility index (Phi) is 6.99. The summed E-state index contributed by atoms with van der Waals surface area (Å²) in [6.45, 7) is 4.76. The summed E-state index contributed by atoms with van der Waals surface area (Å²) in [6.07, 6.45) is 6.67. The van der Waals surface area contributed by atoms with Crippen molar-refractivity contribution in [3.05, 3.63) is 53.4 Å². The van der Waals surface area contributed by atoms with Crippen molar-refractivity contribution >= 4 is 29.1 Å². The summed E-state index contributed by atoms with van der Waals surface area (Å²) in [5, 5.41) is 19.5. The molecular formula is C21H22ClN7O. The number of amides is 1. The van der Waals surface area contributed by atoms with Gasteiger partial charge >= 0.3 is 0 Å². The quantitative estimate of drug-likeness (QED) is 0.562. The Morgan fingerprint density at radius 1 is 1.27 bits per heavy atom. The Balaban J connectivity index is 1.77. The van der Waals surface area contributed by atoms with E-state index >= 15 is 0 Å². The van der Waals surface area contributed by atoms with E-state index in [4.69, 9.17) is 16.9 Å². The number of nitriles is 1. The summed E-state index contributed by atoms with van der Waals surface area (Å²) in [6, 6.07) is 8.42. The molecule has 0 aliphatic heterocycles. The molecule has 1 atom stereocenters. The van der Waals surface area contributed by atoms with E-state index < -0.39 is 6.04 Å². The third-order valence-corrected chi connectivity index (χ3v) is 4.65. The molecule has 0 bridgehead atoms. The van der Waals surface area contributed by atoms with Gasteiger partial charge in [0.05, 0.1) is 34.9 Å². The van der Waals surface area contributed by atoms with Crippen LogP contribution in [0.1, 0.15) is 37.0 Å². The van der Waals surface area contributed by atoms with Crippen LogP contribution in [0, 0.1) is 11.3 Å². The Morgan fingerprint density at radius 3 is 2.70 bits per heavy atom. The zero-order valence-electron chi connectivity index (χ0n) is 16.8. The summed E-state index contributed by atoms with van der Waals surface area (Å²) >= 11 is 6.30. The number of nitrogens with one attached hydrogen (secondary N) is 2. The highest BCUT2D eigenvalue weighted by atomic mass is 35.5. The Labute approximate surface area is 179 Å². The fraction of sp³-hybridized carbons (Fsp3) is 0.286. The van der Waals surface area contributed by atoms with E-state index in [1.54, 1.807) is 30.5 Å². The summed E-state index contributed by atoms with van der Waals surface area (Å²) < 4.78 is 1.85. The minimum atomic E-state index is -0.510. The maximum Gasteiger partial charge on any atom is 0.252 e. The van der Waals surface area contributed by atoms with Gasteiger partial charge in [0.15, 0.2) is 0 Å². The smallest absolute Gasteiger partial charge is 0.252 e. The van der Waals surface area contributed by atoms with E-state index in [1.807, 2.05) is 17.8 Å². The minimum Gasteiger partial charge on any atom is -0.336 e. The van der Waals surface area contributed by atoms with Crippen molar-refractivity contribution in [2.75, 3.05) is 5.32 Å². The SMILES string of the molecule is CCCn1cc(Nc2ncc(Cl)c(-c3ccc(C(=O)N[C@H](C#N)CC)cc3)n2)cn1. The minimum absolute atomic E-state index is 0.296. The van der Waals surface area contributed by atoms with Crippen LogP contribution in [0.5, 0.6) is 0 Å². The number of carbonyl (C=O) groups is 1. The molecule has 0 spiro atoms. The molecule has 0 fully saturated rings. The van der Waals surface area contributed by atoms with E-state index in [2.05, 4.69) is 38.7 Å². The first-order chi connectivity index (χ1) is 14.5. The zero-order valence-corrected chi connectivity index (χ0v) is 17.5. The first-order valence-electron chi connectivity index (χ1n) is 9.67. The number of aryl methyl sites for hydroxylation is 1.